The van der Waals surface area contributed by atoms with Gasteiger partial charge in [-0.1, -0.05) is 32.1 Å². The lowest BCUT2D eigenvalue weighted by Crippen LogP contribution is -2.03. The van der Waals surface area contributed by atoms with Gasteiger partial charge in [-0.3, -0.25) is 4.79 Å². The molecule has 0 bridgehead atoms. The van der Waals surface area contributed by atoms with Crippen molar-refractivity contribution in [3.63, 3.8) is 0 Å². The van der Waals surface area contributed by atoms with Crippen LogP contribution >= 0.6 is 11.8 Å². The lowest BCUT2D eigenvalue weighted by molar-refractivity contribution is -0.118. The van der Waals surface area contributed by atoms with Crippen LogP contribution in [0.3, 0.4) is 0 Å². The monoisotopic (exact) mass is 214 g/mol. The van der Waals surface area contributed by atoms with E-state index in [1.807, 2.05) is 11.8 Å². The summed E-state index contributed by atoms with van der Waals surface area (Å²) >= 11 is 1.91. The predicted octanol–water partition coefficient (Wildman–Crippen LogP) is 3.81. The number of ketones is 1. The van der Waals surface area contributed by atoms with Gasteiger partial charge in [0.15, 0.2) is 0 Å². The molecule has 1 saturated heterocycles. The summed E-state index contributed by atoms with van der Waals surface area (Å²) in [6.07, 6.45) is 11.5. The highest BCUT2D eigenvalue weighted by Gasteiger charge is 2.04. The van der Waals surface area contributed by atoms with E-state index in [1.165, 1.54) is 44.3 Å². The Bertz CT molecular complexity index is 135. The van der Waals surface area contributed by atoms with E-state index in [2.05, 4.69) is 0 Å². The fourth-order valence-corrected chi connectivity index (χ4v) is 2.81. The summed E-state index contributed by atoms with van der Waals surface area (Å²) in [7, 11) is 0. The van der Waals surface area contributed by atoms with Crippen LogP contribution in [0.25, 0.3) is 0 Å². The number of hydrogen-bond donors (Lipinski definition) is 0. The average Bonchev–Trinajstić information content (AvgIpc) is 2.69. The molecule has 1 aliphatic carbocycles. The molecule has 0 atom stereocenters. The van der Waals surface area contributed by atoms with Crippen molar-refractivity contribution in [3.8, 4) is 0 Å². The lowest BCUT2D eigenvalue weighted by Gasteiger charge is -2.05. The van der Waals surface area contributed by atoms with Gasteiger partial charge in [-0.05, 0) is 18.6 Å². The van der Waals surface area contributed by atoms with E-state index in [9.17, 15) is 4.79 Å². The SMILES string of the molecule is C1CCCC1.O=C1CCCCSCC1. The summed E-state index contributed by atoms with van der Waals surface area (Å²) < 4.78 is 0. The van der Waals surface area contributed by atoms with Gasteiger partial charge >= 0.3 is 0 Å². The highest BCUT2D eigenvalue weighted by molar-refractivity contribution is 7.99. The second-order valence-electron chi connectivity index (χ2n) is 4.13. The molecule has 0 N–H and O–H groups in total. The van der Waals surface area contributed by atoms with Crippen molar-refractivity contribution in [2.75, 3.05) is 11.5 Å². The van der Waals surface area contributed by atoms with Crippen molar-refractivity contribution < 1.29 is 4.79 Å². The fraction of sp³-hybridized carbons (Fsp3) is 0.917. The Balaban J connectivity index is 0.000000165. The zero-order chi connectivity index (χ0) is 10.1. The van der Waals surface area contributed by atoms with Crippen LogP contribution in [0.15, 0.2) is 0 Å². The molecule has 0 spiro atoms. The maximum atomic E-state index is 10.8. The van der Waals surface area contributed by atoms with E-state index in [1.54, 1.807) is 0 Å². The average molecular weight is 214 g/mol. The molecule has 1 nitrogen and oxygen atoms in total. The topological polar surface area (TPSA) is 17.1 Å². The molecule has 2 heteroatoms. The molecule has 1 saturated carbocycles. The molecule has 2 aliphatic rings. The van der Waals surface area contributed by atoms with E-state index in [0.29, 0.717) is 5.78 Å². The summed E-state index contributed by atoms with van der Waals surface area (Å²) in [5.74, 6) is 2.77. The third-order valence-electron chi connectivity index (χ3n) is 2.77. The number of rotatable bonds is 0. The van der Waals surface area contributed by atoms with Crippen LogP contribution in [0.1, 0.15) is 57.8 Å². The van der Waals surface area contributed by atoms with Gasteiger partial charge in [0.2, 0.25) is 0 Å². The predicted molar refractivity (Wildman–Crippen MR) is 63.9 cm³/mol. The van der Waals surface area contributed by atoms with Gasteiger partial charge in [0, 0.05) is 18.6 Å². The van der Waals surface area contributed by atoms with Crippen molar-refractivity contribution in [3.05, 3.63) is 0 Å². The molecule has 1 heterocycles. The molecule has 0 aromatic heterocycles. The quantitative estimate of drug-likeness (QED) is 0.610. The smallest absolute Gasteiger partial charge is 0.133 e. The van der Waals surface area contributed by atoms with Crippen LogP contribution in [-0.2, 0) is 4.79 Å². The number of Topliss-reactive ketones (excluding diaryl/α,β-unsaturated/α-hetero) is 1. The Kier molecular flexibility index (Phi) is 7.20. The van der Waals surface area contributed by atoms with Crippen molar-refractivity contribution in [1.82, 2.24) is 0 Å². The molecule has 0 aromatic carbocycles. The Morgan fingerprint density at radius 3 is 2.00 bits per heavy atom. The molecule has 14 heavy (non-hydrogen) atoms. The number of thioether (sulfide) groups is 1. The summed E-state index contributed by atoms with van der Waals surface area (Å²) in [4.78, 5) is 10.8. The number of carbonyl (C=O) groups is 1. The zero-order valence-corrected chi connectivity index (χ0v) is 9.91. The summed E-state index contributed by atoms with van der Waals surface area (Å²) in [6.45, 7) is 0. The third-order valence-corrected chi connectivity index (χ3v) is 3.84. The number of carbonyl (C=O) groups excluding carboxylic acids is 1. The Labute approximate surface area is 92.0 Å². The van der Waals surface area contributed by atoms with E-state index in [0.717, 1.165) is 25.0 Å². The van der Waals surface area contributed by atoms with Gasteiger partial charge in [0.25, 0.3) is 0 Å². The Morgan fingerprint density at radius 1 is 0.714 bits per heavy atom. The molecule has 2 fully saturated rings. The Hall–Kier alpha value is 0.0200. The first kappa shape index (κ1) is 12.1. The minimum atomic E-state index is 0.460. The van der Waals surface area contributed by atoms with Crippen LogP contribution in [0.4, 0.5) is 0 Å². The summed E-state index contributed by atoms with van der Waals surface area (Å²) in [5.41, 5.74) is 0. The van der Waals surface area contributed by atoms with Crippen LogP contribution in [0.5, 0.6) is 0 Å². The first-order chi connectivity index (χ1) is 6.89. The molecule has 0 aromatic rings. The lowest BCUT2D eigenvalue weighted by atomic mass is 10.1. The second kappa shape index (κ2) is 8.34. The maximum Gasteiger partial charge on any atom is 0.133 e. The first-order valence-corrected chi connectivity index (χ1v) is 7.14. The van der Waals surface area contributed by atoms with Crippen molar-refractivity contribution >= 4 is 17.5 Å². The summed E-state index contributed by atoms with van der Waals surface area (Å²) in [5, 5.41) is 0. The Morgan fingerprint density at radius 2 is 1.36 bits per heavy atom. The summed E-state index contributed by atoms with van der Waals surface area (Å²) in [6, 6.07) is 0. The third kappa shape index (κ3) is 6.47. The minimum absolute atomic E-state index is 0.460. The molecule has 2 rings (SSSR count). The van der Waals surface area contributed by atoms with Crippen molar-refractivity contribution in [2.45, 2.75) is 57.8 Å². The molecule has 1 aliphatic heterocycles. The standard InChI is InChI=1S/C7H12OS.C5H10/c8-7-3-1-2-5-9-6-4-7;1-2-4-5-3-1/h1-6H2;1-5H2. The normalized spacial score (nSPS) is 23.3. The molecular formula is C12H22OS. The van der Waals surface area contributed by atoms with E-state index in [4.69, 9.17) is 0 Å². The molecule has 0 radical (unpaired) electrons. The van der Waals surface area contributed by atoms with Gasteiger partial charge in [-0.2, -0.15) is 11.8 Å². The van der Waals surface area contributed by atoms with Crippen molar-refractivity contribution in [1.29, 1.82) is 0 Å². The van der Waals surface area contributed by atoms with Gasteiger partial charge in [-0.25, -0.2) is 0 Å². The van der Waals surface area contributed by atoms with Gasteiger partial charge in [0.05, 0.1) is 0 Å². The molecule has 0 unspecified atom stereocenters. The highest BCUT2D eigenvalue weighted by Crippen LogP contribution is 2.15. The molecule has 0 amide bonds. The van der Waals surface area contributed by atoms with Gasteiger partial charge < -0.3 is 0 Å². The van der Waals surface area contributed by atoms with E-state index in [-0.39, 0.29) is 0 Å². The second-order valence-corrected chi connectivity index (χ2v) is 5.35. The van der Waals surface area contributed by atoms with Gasteiger partial charge in [-0.15, -0.1) is 0 Å². The van der Waals surface area contributed by atoms with E-state index >= 15 is 0 Å². The minimum Gasteiger partial charge on any atom is -0.300 e. The zero-order valence-electron chi connectivity index (χ0n) is 9.09. The van der Waals surface area contributed by atoms with Crippen LogP contribution in [-0.4, -0.2) is 17.3 Å². The van der Waals surface area contributed by atoms with Crippen LogP contribution < -0.4 is 0 Å². The highest BCUT2D eigenvalue weighted by atomic mass is 32.2. The van der Waals surface area contributed by atoms with Crippen LogP contribution in [0.2, 0.25) is 0 Å². The maximum absolute atomic E-state index is 10.8. The van der Waals surface area contributed by atoms with Gasteiger partial charge in [0.1, 0.15) is 5.78 Å². The largest absolute Gasteiger partial charge is 0.300 e. The molecule has 82 valence electrons. The van der Waals surface area contributed by atoms with Crippen molar-refractivity contribution in [2.24, 2.45) is 0 Å². The molecular weight excluding hydrogens is 192 g/mol. The number of hydrogen-bond acceptors (Lipinski definition) is 2. The first-order valence-electron chi connectivity index (χ1n) is 5.99. The van der Waals surface area contributed by atoms with E-state index < -0.39 is 0 Å². The fourth-order valence-electron chi connectivity index (χ4n) is 1.82. The van der Waals surface area contributed by atoms with Crippen LogP contribution in [0, 0.1) is 0 Å².